The maximum absolute atomic E-state index is 3.42. The molecule has 52 valence electrons. The van der Waals surface area contributed by atoms with Crippen LogP contribution in [0.5, 0.6) is 0 Å². The van der Waals surface area contributed by atoms with Crippen molar-refractivity contribution in [1.29, 1.82) is 0 Å². The van der Waals surface area contributed by atoms with Gasteiger partial charge in [-0.25, -0.2) is 0 Å². The second kappa shape index (κ2) is 3.03. The van der Waals surface area contributed by atoms with E-state index < -0.39 is 0 Å². The van der Waals surface area contributed by atoms with Crippen molar-refractivity contribution in [3.63, 3.8) is 0 Å². The number of hydrogen-bond acceptors (Lipinski definition) is 1. The van der Waals surface area contributed by atoms with Crippen LogP contribution in [0.2, 0.25) is 0 Å². The second-order valence-electron chi connectivity index (χ2n) is 1.84. The van der Waals surface area contributed by atoms with Crippen molar-refractivity contribution >= 4 is 47.8 Å². The minimum Gasteiger partial charge on any atom is -0.263 e. The Balaban J connectivity index is 2.46. The van der Waals surface area contributed by atoms with Crippen LogP contribution >= 0.6 is 47.8 Å². The first-order valence-electron chi connectivity index (χ1n) is 2.57. The van der Waals surface area contributed by atoms with Crippen molar-refractivity contribution in [2.45, 2.75) is 2.27 Å². The monoisotopic (exact) mass is 317 g/mol. The normalized spacial score (nSPS) is 21.2. The van der Waals surface area contributed by atoms with Crippen LogP contribution < -0.4 is 0 Å². The number of alkyl halides is 3. The molecule has 9 heavy (non-hydrogen) atoms. The molecule has 1 nitrogen and oxygen atoms in total. The molecule has 0 saturated carbocycles. The zero-order valence-corrected chi connectivity index (χ0v) is 9.41. The van der Waals surface area contributed by atoms with E-state index in [2.05, 4.69) is 64.8 Å². The molecule has 0 fully saturated rings. The van der Waals surface area contributed by atoms with E-state index in [0.29, 0.717) is 0 Å². The smallest absolute Gasteiger partial charge is 0.188 e. The first-order chi connectivity index (χ1) is 4.11. The van der Waals surface area contributed by atoms with Gasteiger partial charge in [-0.3, -0.25) is 4.90 Å². The topological polar surface area (TPSA) is 3.24 Å². The van der Waals surface area contributed by atoms with Gasteiger partial charge in [0.1, 0.15) is 0 Å². The summed E-state index contributed by atoms with van der Waals surface area (Å²) < 4.78 is -0.212. The number of halogens is 3. The Morgan fingerprint density at radius 3 is 1.78 bits per heavy atom. The van der Waals surface area contributed by atoms with E-state index in [1.165, 1.54) is 0 Å². The zero-order valence-electron chi connectivity index (χ0n) is 4.65. The summed E-state index contributed by atoms with van der Waals surface area (Å²) in [4.78, 5) is 2.19. The molecule has 0 aliphatic carbocycles. The van der Waals surface area contributed by atoms with Gasteiger partial charge in [-0.05, 0) is 47.8 Å². The predicted molar refractivity (Wildman–Crippen MR) is 50.2 cm³/mol. The van der Waals surface area contributed by atoms with Gasteiger partial charge in [-0.2, -0.15) is 0 Å². The highest BCUT2D eigenvalue weighted by atomic mass is 80.0. The van der Waals surface area contributed by atoms with Crippen molar-refractivity contribution < 1.29 is 0 Å². The lowest BCUT2D eigenvalue weighted by Gasteiger charge is -2.24. The van der Waals surface area contributed by atoms with Crippen LogP contribution in [0.15, 0.2) is 12.2 Å². The van der Waals surface area contributed by atoms with Crippen LogP contribution in [-0.2, 0) is 0 Å². The van der Waals surface area contributed by atoms with Crippen molar-refractivity contribution in [2.24, 2.45) is 0 Å². The lowest BCUT2D eigenvalue weighted by atomic mass is 10.6. The van der Waals surface area contributed by atoms with Gasteiger partial charge >= 0.3 is 0 Å². The van der Waals surface area contributed by atoms with Crippen LogP contribution in [0.4, 0.5) is 0 Å². The fraction of sp³-hybridized carbons (Fsp3) is 0.600. The Morgan fingerprint density at radius 2 is 1.56 bits per heavy atom. The fourth-order valence-corrected chi connectivity index (χ4v) is 1.55. The van der Waals surface area contributed by atoms with Gasteiger partial charge in [-0.1, -0.05) is 12.2 Å². The molecule has 1 aliphatic rings. The van der Waals surface area contributed by atoms with E-state index in [-0.39, 0.29) is 2.27 Å². The van der Waals surface area contributed by atoms with Crippen LogP contribution in [0.25, 0.3) is 0 Å². The van der Waals surface area contributed by atoms with E-state index >= 15 is 0 Å². The highest BCUT2D eigenvalue weighted by Gasteiger charge is 2.27. The Kier molecular flexibility index (Phi) is 2.77. The summed E-state index contributed by atoms with van der Waals surface area (Å²) in [6.07, 6.45) is 4.27. The average Bonchev–Trinajstić information content (AvgIpc) is 2.08. The van der Waals surface area contributed by atoms with Crippen LogP contribution in [0, 0.1) is 0 Å². The Labute approximate surface area is 79.9 Å². The average molecular weight is 320 g/mol. The van der Waals surface area contributed by atoms with Gasteiger partial charge in [-0.15, -0.1) is 0 Å². The Bertz CT molecular complexity index is 119. The molecule has 1 rings (SSSR count). The molecule has 0 saturated heterocycles. The third kappa shape index (κ3) is 2.33. The Hall–Kier alpha value is 1.14. The lowest BCUT2D eigenvalue weighted by Crippen LogP contribution is -2.31. The largest absolute Gasteiger partial charge is 0.263 e. The molecule has 0 aromatic carbocycles. The third-order valence-electron chi connectivity index (χ3n) is 1.18. The van der Waals surface area contributed by atoms with Crippen molar-refractivity contribution in [2.75, 3.05) is 13.1 Å². The standard InChI is InChI=1S/C5H6Br3N/c6-5(7,8)9-3-1-2-4-9/h1-2H,3-4H2. The molecule has 0 aromatic rings. The summed E-state index contributed by atoms with van der Waals surface area (Å²) in [5.74, 6) is 0. The van der Waals surface area contributed by atoms with Crippen LogP contribution in [0.3, 0.4) is 0 Å². The minimum absolute atomic E-state index is 0.212. The second-order valence-corrected chi connectivity index (χ2v) is 8.48. The zero-order chi connectivity index (χ0) is 6.91. The number of hydrogen-bond donors (Lipinski definition) is 0. The van der Waals surface area contributed by atoms with Crippen molar-refractivity contribution in [3.05, 3.63) is 12.2 Å². The fourth-order valence-electron chi connectivity index (χ4n) is 0.685. The van der Waals surface area contributed by atoms with Gasteiger partial charge in [0.15, 0.2) is 2.27 Å². The lowest BCUT2D eigenvalue weighted by molar-refractivity contribution is 0.388. The van der Waals surface area contributed by atoms with E-state index in [9.17, 15) is 0 Å². The summed E-state index contributed by atoms with van der Waals surface area (Å²) >= 11 is 10.3. The van der Waals surface area contributed by atoms with Crippen molar-refractivity contribution in [1.82, 2.24) is 4.90 Å². The van der Waals surface area contributed by atoms with Gasteiger partial charge < -0.3 is 0 Å². The molecule has 1 aliphatic heterocycles. The first kappa shape index (κ1) is 8.24. The maximum Gasteiger partial charge on any atom is 0.188 e. The van der Waals surface area contributed by atoms with Crippen LogP contribution in [0.1, 0.15) is 0 Å². The van der Waals surface area contributed by atoms with E-state index in [4.69, 9.17) is 0 Å². The summed E-state index contributed by atoms with van der Waals surface area (Å²) in [5, 5.41) is 0. The predicted octanol–water partition coefficient (Wildman–Crippen LogP) is 2.65. The summed E-state index contributed by atoms with van der Waals surface area (Å²) in [7, 11) is 0. The summed E-state index contributed by atoms with van der Waals surface area (Å²) in [6.45, 7) is 1.98. The van der Waals surface area contributed by atoms with E-state index in [1.807, 2.05) is 0 Å². The summed E-state index contributed by atoms with van der Waals surface area (Å²) in [5.41, 5.74) is 0. The molecule has 0 spiro atoms. The highest BCUT2D eigenvalue weighted by Crippen LogP contribution is 2.37. The maximum atomic E-state index is 3.42. The number of nitrogens with zero attached hydrogens (tertiary/aromatic N) is 1. The third-order valence-corrected chi connectivity index (χ3v) is 2.68. The molecule has 0 bridgehead atoms. The molecule has 0 N–H and O–H groups in total. The SMILES string of the molecule is BrC(Br)(Br)N1CC=CC1. The molecule has 0 unspecified atom stereocenters. The van der Waals surface area contributed by atoms with Gasteiger partial charge in [0.2, 0.25) is 0 Å². The Morgan fingerprint density at radius 1 is 1.11 bits per heavy atom. The van der Waals surface area contributed by atoms with Gasteiger partial charge in [0.25, 0.3) is 0 Å². The van der Waals surface area contributed by atoms with E-state index in [0.717, 1.165) is 13.1 Å². The first-order valence-corrected chi connectivity index (χ1v) is 4.95. The molecular formula is C5H6Br3N. The molecule has 0 amide bonds. The highest BCUT2D eigenvalue weighted by molar-refractivity contribution is 9.39. The van der Waals surface area contributed by atoms with Gasteiger partial charge in [0.05, 0.1) is 0 Å². The molecule has 1 heterocycles. The number of rotatable bonds is 0. The minimum atomic E-state index is -0.212. The molecule has 0 atom stereocenters. The van der Waals surface area contributed by atoms with Crippen LogP contribution in [-0.4, -0.2) is 20.3 Å². The quantitative estimate of drug-likeness (QED) is 0.377. The molecule has 0 radical (unpaired) electrons. The molecule has 0 aromatic heterocycles. The van der Waals surface area contributed by atoms with Crippen molar-refractivity contribution in [3.8, 4) is 0 Å². The van der Waals surface area contributed by atoms with Gasteiger partial charge in [0, 0.05) is 13.1 Å². The molecular weight excluding hydrogens is 314 g/mol. The summed E-state index contributed by atoms with van der Waals surface area (Å²) in [6, 6.07) is 0. The van der Waals surface area contributed by atoms with E-state index in [1.54, 1.807) is 0 Å². The molecule has 4 heteroatoms.